The van der Waals surface area contributed by atoms with Gasteiger partial charge in [-0.15, -0.1) is 0 Å². The fourth-order valence-corrected chi connectivity index (χ4v) is 4.97. The monoisotopic (exact) mass is 301 g/mol. The van der Waals surface area contributed by atoms with Gasteiger partial charge < -0.3 is 4.57 Å². The second kappa shape index (κ2) is 14.2. The lowest BCUT2D eigenvalue weighted by atomic mass is 10.1. The highest BCUT2D eigenvalue weighted by Crippen LogP contribution is 2.46. The molecule has 1 radical (unpaired) electrons. The molecule has 1 nitrogen and oxygen atoms in total. The SMILES string of the molecule is [CH2]CP(=O)(CCCCCCCC)CCCCCCCC. The second-order valence-electron chi connectivity index (χ2n) is 6.26. The van der Waals surface area contributed by atoms with Gasteiger partial charge in [0, 0.05) is 18.5 Å². The van der Waals surface area contributed by atoms with E-state index >= 15 is 0 Å². The predicted molar refractivity (Wildman–Crippen MR) is 94.3 cm³/mol. The van der Waals surface area contributed by atoms with Crippen LogP contribution in [0.25, 0.3) is 0 Å². The molecule has 0 aliphatic carbocycles. The van der Waals surface area contributed by atoms with Gasteiger partial charge in [0.2, 0.25) is 0 Å². The molecule has 0 N–H and O–H groups in total. The Bertz CT molecular complexity index is 218. The van der Waals surface area contributed by atoms with Crippen molar-refractivity contribution in [2.24, 2.45) is 0 Å². The van der Waals surface area contributed by atoms with Gasteiger partial charge in [0.1, 0.15) is 0 Å². The van der Waals surface area contributed by atoms with Gasteiger partial charge in [0.25, 0.3) is 0 Å². The third-order valence-corrected chi connectivity index (χ3v) is 7.32. The zero-order valence-electron chi connectivity index (χ0n) is 14.2. The molecule has 0 bridgehead atoms. The molecule has 0 aromatic heterocycles. The summed E-state index contributed by atoms with van der Waals surface area (Å²) in [5.41, 5.74) is 0. The van der Waals surface area contributed by atoms with E-state index in [4.69, 9.17) is 0 Å². The predicted octanol–water partition coefficient (Wildman–Crippen LogP) is 6.90. The lowest BCUT2D eigenvalue weighted by molar-refractivity contribution is 0.563. The van der Waals surface area contributed by atoms with Crippen LogP contribution >= 0.6 is 7.14 Å². The van der Waals surface area contributed by atoms with Gasteiger partial charge >= 0.3 is 0 Å². The minimum absolute atomic E-state index is 0.678. The van der Waals surface area contributed by atoms with Crippen molar-refractivity contribution in [3.8, 4) is 0 Å². The van der Waals surface area contributed by atoms with Crippen LogP contribution < -0.4 is 0 Å². The molecule has 0 aliphatic rings. The standard InChI is InChI=1S/C18H38OP/c1-4-7-9-11-13-15-17-20(19,6-3)18-16-14-12-10-8-5-2/h3-18H2,1-2H3. The van der Waals surface area contributed by atoms with Gasteiger partial charge in [-0.2, -0.15) is 0 Å². The van der Waals surface area contributed by atoms with Crippen LogP contribution in [0.2, 0.25) is 0 Å². The Hall–Kier alpha value is 0.230. The summed E-state index contributed by atoms with van der Waals surface area (Å²) in [4.78, 5) is 0. The van der Waals surface area contributed by atoms with E-state index in [0.29, 0.717) is 6.16 Å². The third-order valence-electron chi connectivity index (χ3n) is 4.25. The lowest BCUT2D eigenvalue weighted by Gasteiger charge is -2.16. The molecule has 20 heavy (non-hydrogen) atoms. The molecule has 0 heterocycles. The number of unbranched alkanes of at least 4 members (excludes halogenated alkanes) is 10. The van der Waals surface area contributed by atoms with Crippen molar-refractivity contribution in [1.29, 1.82) is 0 Å². The molecule has 0 saturated heterocycles. The molecule has 0 atom stereocenters. The molecule has 0 aliphatic heterocycles. The first-order valence-corrected chi connectivity index (χ1v) is 11.3. The Morgan fingerprint density at radius 3 is 1.35 bits per heavy atom. The Labute approximate surface area is 128 Å². The molecule has 0 aromatic carbocycles. The molecule has 0 rings (SSSR count). The van der Waals surface area contributed by atoms with E-state index in [1.807, 2.05) is 0 Å². The van der Waals surface area contributed by atoms with Gasteiger partial charge in [-0.05, 0) is 19.8 Å². The van der Waals surface area contributed by atoms with Crippen LogP contribution in [0.15, 0.2) is 0 Å². The molecule has 0 fully saturated rings. The van der Waals surface area contributed by atoms with Crippen LogP contribution in [0, 0.1) is 6.92 Å². The summed E-state index contributed by atoms with van der Waals surface area (Å²) < 4.78 is 12.7. The second-order valence-corrected chi connectivity index (χ2v) is 9.72. The largest absolute Gasteiger partial charge is 0.324 e. The minimum Gasteiger partial charge on any atom is -0.324 e. The minimum atomic E-state index is -1.92. The van der Waals surface area contributed by atoms with E-state index in [9.17, 15) is 4.57 Å². The first kappa shape index (κ1) is 20.2. The van der Waals surface area contributed by atoms with Gasteiger partial charge in [-0.1, -0.05) is 78.1 Å². The van der Waals surface area contributed by atoms with Crippen LogP contribution in [0.4, 0.5) is 0 Å². The summed E-state index contributed by atoms with van der Waals surface area (Å²) in [6, 6.07) is 0. The molecule has 0 unspecified atom stereocenters. The van der Waals surface area contributed by atoms with E-state index in [0.717, 1.165) is 25.2 Å². The summed E-state index contributed by atoms with van der Waals surface area (Å²) in [5, 5.41) is 0. The number of hydrogen-bond acceptors (Lipinski definition) is 1. The van der Waals surface area contributed by atoms with E-state index in [1.165, 1.54) is 64.2 Å². The topological polar surface area (TPSA) is 17.1 Å². The third kappa shape index (κ3) is 12.0. The van der Waals surface area contributed by atoms with Crippen LogP contribution in [0.3, 0.4) is 0 Å². The average Bonchev–Trinajstić information content (AvgIpc) is 2.46. The Balaban J connectivity index is 3.60. The zero-order valence-corrected chi connectivity index (χ0v) is 15.1. The quantitative estimate of drug-likeness (QED) is 0.237. The highest BCUT2D eigenvalue weighted by atomic mass is 31.2. The maximum Gasteiger partial charge on any atom is 0.0877 e. The molecule has 0 saturated carbocycles. The number of hydrogen-bond donors (Lipinski definition) is 0. The summed E-state index contributed by atoms with van der Waals surface area (Å²) in [7, 11) is -1.92. The highest BCUT2D eigenvalue weighted by Gasteiger charge is 2.18. The number of rotatable bonds is 15. The summed E-state index contributed by atoms with van der Waals surface area (Å²) in [6.07, 6.45) is 18.1. The molecule has 2 heteroatoms. The Kier molecular flexibility index (Phi) is 14.3. The van der Waals surface area contributed by atoms with Crippen LogP contribution in [0.5, 0.6) is 0 Å². The van der Waals surface area contributed by atoms with Crippen LogP contribution in [-0.2, 0) is 4.57 Å². The van der Waals surface area contributed by atoms with Crippen molar-refractivity contribution in [3.63, 3.8) is 0 Å². The molecule has 121 valence electrons. The zero-order chi connectivity index (χ0) is 15.1. The van der Waals surface area contributed by atoms with Gasteiger partial charge in [0.15, 0.2) is 0 Å². The van der Waals surface area contributed by atoms with E-state index in [1.54, 1.807) is 0 Å². The lowest BCUT2D eigenvalue weighted by Crippen LogP contribution is -1.99. The fourth-order valence-electron chi connectivity index (χ4n) is 2.70. The van der Waals surface area contributed by atoms with Crippen molar-refractivity contribution in [2.45, 2.75) is 90.9 Å². The Morgan fingerprint density at radius 1 is 0.650 bits per heavy atom. The van der Waals surface area contributed by atoms with Gasteiger partial charge in [-0.25, -0.2) is 0 Å². The molecule has 0 spiro atoms. The smallest absolute Gasteiger partial charge is 0.0877 e. The first-order chi connectivity index (χ1) is 9.68. The van der Waals surface area contributed by atoms with Gasteiger partial charge in [0.05, 0.1) is 7.14 Å². The van der Waals surface area contributed by atoms with Crippen molar-refractivity contribution >= 4 is 7.14 Å². The van der Waals surface area contributed by atoms with Gasteiger partial charge in [-0.3, -0.25) is 0 Å². The summed E-state index contributed by atoms with van der Waals surface area (Å²) in [6.45, 7) is 8.45. The normalized spacial score (nSPS) is 11.9. The van der Waals surface area contributed by atoms with Crippen LogP contribution in [-0.4, -0.2) is 18.5 Å². The fraction of sp³-hybridized carbons (Fsp3) is 0.944. The van der Waals surface area contributed by atoms with E-state index in [2.05, 4.69) is 20.8 Å². The summed E-state index contributed by atoms with van der Waals surface area (Å²) >= 11 is 0. The maximum absolute atomic E-state index is 12.7. The molecule has 0 amide bonds. The van der Waals surface area contributed by atoms with E-state index in [-0.39, 0.29) is 0 Å². The van der Waals surface area contributed by atoms with Crippen molar-refractivity contribution < 1.29 is 4.57 Å². The summed E-state index contributed by atoms with van der Waals surface area (Å²) in [5.74, 6) is 0. The molecular formula is C18H38OP. The first-order valence-electron chi connectivity index (χ1n) is 9.05. The van der Waals surface area contributed by atoms with E-state index < -0.39 is 7.14 Å². The van der Waals surface area contributed by atoms with Crippen molar-refractivity contribution in [2.75, 3.05) is 18.5 Å². The van der Waals surface area contributed by atoms with Crippen LogP contribution in [0.1, 0.15) is 90.9 Å². The average molecular weight is 301 g/mol. The Morgan fingerprint density at radius 2 is 1.00 bits per heavy atom. The van der Waals surface area contributed by atoms with Crippen molar-refractivity contribution in [1.82, 2.24) is 0 Å². The highest BCUT2D eigenvalue weighted by molar-refractivity contribution is 7.64. The molecular weight excluding hydrogens is 263 g/mol. The van der Waals surface area contributed by atoms with Crippen molar-refractivity contribution in [3.05, 3.63) is 6.92 Å². The maximum atomic E-state index is 12.7. The molecule has 0 aromatic rings.